The van der Waals surface area contributed by atoms with Gasteiger partial charge in [-0.3, -0.25) is 0 Å². The van der Waals surface area contributed by atoms with Gasteiger partial charge in [-0.05, 0) is 40.5 Å². The molecule has 0 aliphatic carbocycles. The smallest absolute Gasteiger partial charge is 0.0943 e. The van der Waals surface area contributed by atoms with Gasteiger partial charge in [0.1, 0.15) is 0 Å². The number of aromatic nitrogens is 2. The molecule has 0 unspecified atom stereocenters. The number of rotatable bonds is 0. The van der Waals surface area contributed by atoms with E-state index in [1.807, 2.05) is 17.8 Å². The standard InChI is InChI=1S/C9H20N2.C4H6N2/c1-8(2)5-7(10)6-9(3,4)11-8;1-6-3-2-5-4-6/h7,11H,5-6,10H2,1-4H3;2-4H,1H3. The van der Waals surface area contributed by atoms with Crippen molar-refractivity contribution in [3.63, 3.8) is 0 Å². The van der Waals surface area contributed by atoms with Crippen molar-refractivity contribution in [3.05, 3.63) is 18.7 Å². The van der Waals surface area contributed by atoms with Crippen LogP contribution in [0, 0.1) is 0 Å². The molecule has 0 saturated carbocycles. The fourth-order valence-corrected chi connectivity index (χ4v) is 2.73. The first kappa shape index (κ1) is 14.2. The van der Waals surface area contributed by atoms with Gasteiger partial charge in [0.15, 0.2) is 0 Å². The van der Waals surface area contributed by atoms with Crippen molar-refractivity contribution in [2.45, 2.75) is 57.7 Å². The summed E-state index contributed by atoms with van der Waals surface area (Å²) in [5, 5.41) is 3.58. The maximum Gasteiger partial charge on any atom is 0.0943 e. The van der Waals surface area contributed by atoms with Crippen LogP contribution in [0.4, 0.5) is 0 Å². The van der Waals surface area contributed by atoms with Gasteiger partial charge in [0.2, 0.25) is 0 Å². The molecule has 1 fully saturated rings. The SMILES string of the molecule is CC1(C)CC(N)CC(C)(C)N1.Cn1ccnc1. The largest absolute Gasteiger partial charge is 0.341 e. The Morgan fingerprint density at radius 3 is 2.00 bits per heavy atom. The van der Waals surface area contributed by atoms with Crippen LogP contribution in [-0.4, -0.2) is 26.7 Å². The quantitative estimate of drug-likeness (QED) is 0.723. The van der Waals surface area contributed by atoms with Gasteiger partial charge >= 0.3 is 0 Å². The van der Waals surface area contributed by atoms with E-state index in [9.17, 15) is 0 Å². The molecule has 98 valence electrons. The van der Waals surface area contributed by atoms with E-state index in [0.717, 1.165) is 12.8 Å². The summed E-state index contributed by atoms with van der Waals surface area (Å²) in [6.07, 6.45) is 7.55. The maximum atomic E-state index is 5.95. The molecule has 1 aromatic rings. The molecule has 1 aliphatic rings. The minimum absolute atomic E-state index is 0.209. The first-order valence-electron chi connectivity index (χ1n) is 6.17. The lowest BCUT2D eigenvalue weighted by Gasteiger charge is -2.45. The molecule has 2 rings (SSSR count). The van der Waals surface area contributed by atoms with Crippen LogP contribution >= 0.6 is 0 Å². The van der Waals surface area contributed by atoms with Crippen LogP contribution in [0.2, 0.25) is 0 Å². The van der Waals surface area contributed by atoms with Gasteiger partial charge < -0.3 is 15.6 Å². The Morgan fingerprint density at radius 2 is 1.76 bits per heavy atom. The number of nitrogens with zero attached hydrogens (tertiary/aromatic N) is 2. The fourth-order valence-electron chi connectivity index (χ4n) is 2.73. The van der Waals surface area contributed by atoms with Crippen LogP contribution in [0.15, 0.2) is 18.7 Å². The lowest BCUT2D eigenvalue weighted by molar-refractivity contribution is 0.163. The Bertz CT molecular complexity index is 311. The van der Waals surface area contributed by atoms with Gasteiger partial charge in [-0.2, -0.15) is 0 Å². The molecule has 4 nitrogen and oxygen atoms in total. The van der Waals surface area contributed by atoms with Gasteiger partial charge in [-0.1, -0.05) is 0 Å². The first-order valence-corrected chi connectivity index (χ1v) is 6.17. The lowest BCUT2D eigenvalue weighted by Crippen LogP contribution is -2.60. The summed E-state index contributed by atoms with van der Waals surface area (Å²) in [5.41, 5.74) is 6.36. The van der Waals surface area contributed by atoms with E-state index >= 15 is 0 Å². The summed E-state index contributed by atoms with van der Waals surface area (Å²) in [5.74, 6) is 0. The minimum atomic E-state index is 0.209. The molecule has 0 aromatic carbocycles. The van der Waals surface area contributed by atoms with Gasteiger partial charge in [-0.25, -0.2) is 4.98 Å². The molecule has 0 spiro atoms. The van der Waals surface area contributed by atoms with Crippen LogP contribution in [0.1, 0.15) is 40.5 Å². The summed E-state index contributed by atoms with van der Waals surface area (Å²) in [6, 6.07) is 0.362. The van der Waals surface area contributed by atoms with Crippen molar-refractivity contribution in [1.29, 1.82) is 0 Å². The molecule has 17 heavy (non-hydrogen) atoms. The average molecular weight is 238 g/mol. The van der Waals surface area contributed by atoms with Crippen LogP contribution in [-0.2, 0) is 7.05 Å². The number of nitrogens with two attached hydrogens (primary N) is 1. The molecule has 1 aliphatic heterocycles. The average Bonchev–Trinajstić information content (AvgIpc) is 2.49. The van der Waals surface area contributed by atoms with Crippen molar-refractivity contribution >= 4 is 0 Å². The van der Waals surface area contributed by atoms with E-state index < -0.39 is 0 Å². The summed E-state index contributed by atoms with van der Waals surface area (Å²) in [7, 11) is 1.94. The van der Waals surface area contributed by atoms with E-state index in [0.29, 0.717) is 6.04 Å². The molecule has 0 amide bonds. The Labute approximate surface area is 105 Å². The molecule has 0 radical (unpaired) electrons. The fraction of sp³-hybridized carbons (Fsp3) is 0.769. The predicted molar refractivity (Wildman–Crippen MR) is 71.7 cm³/mol. The van der Waals surface area contributed by atoms with Crippen molar-refractivity contribution in [2.24, 2.45) is 12.8 Å². The summed E-state index contributed by atoms with van der Waals surface area (Å²) < 4.78 is 1.89. The zero-order chi connectivity index (χ0) is 13.1. The summed E-state index contributed by atoms with van der Waals surface area (Å²) in [4.78, 5) is 3.78. The van der Waals surface area contributed by atoms with E-state index in [4.69, 9.17) is 5.73 Å². The number of imidazole rings is 1. The first-order chi connectivity index (χ1) is 7.70. The van der Waals surface area contributed by atoms with E-state index in [1.165, 1.54) is 0 Å². The van der Waals surface area contributed by atoms with E-state index in [2.05, 4.69) is 38.0 Å². The van der Waals surface area contributed by atoms with Crippen molar-refractivity contribution in [2.75, 3.05) is 0 Å². The molecular formula is C13H26N4. The normalized spacial score (nSPS) is 22.7. The Morgan fingerprint density at radius 1 is 1.24 bits per heavy atom. The monoisotopic (exact) mass is 238 g/mol. The second-order valence-electron chi connectivity index (χ2n) is 6.29. The lowest BCUT2D eigenvalue weighted by atomic mass is 9.80. The molecule has 0 atom stereocenters. The third-order valence-corrected chi connectivity index (χ3v) is 2.86. The van der Waals surface area contributed by atoms with Crippen LogP contribution in [0.3, 0.4) is 0 Å². The van der Waals surface area contributed by atoms with Crippen LogP contribution in [0.5, 0.6) is 0 Å². The van der Waals surface area contributed by atoms with Crippen LogP contribution < -0.4 is 11.1 Å². The molecular weight excluding hydrogens is 212 g/mol. The highest BCUT2D eigenvalue weighted by Crippen LogP contribution is 2.26. The molecule has 2 heterocycles. The van der Waals surface area contributed by atoms with Crippen molar-refractivity contribution in [1.82, 2.24) is 14.9 Å². The molecule has 3 N–H and O–H groups in total. The van der Waals surface area contributed by atoms with Crippen molar-refractivity contribution in [3.8, 4) is 0 Å². The van der Waals surface area contributed by atoms with Gasteiger partial charge in [0.25, 0.3) is 0 Å². The molecule has 4 heteroatoms. The minimum Gasteiger partial charge on any atom is -0.341 e. The Hall–Kier alpha value is -0.870. The van der Waals surface area contributed by atoms with Crippen LogP contribution in [0.25, 0.3) is 0 Å². The molecule has 0 bridgehead atoms. The van der Waals surface area contributed by atoms with Gasteiger partial charge in [0.05, 0.1) is 6.33 Å². The third kappa shape index (κ3) is 5.33. The van der Waals surface area contributed by atoms with E-state index in [-0.39, 0.29) is 11.1 Å². The zero-order valence-corrected chi connectivity index (χ0v) is 11.7. The number of nitrogens with one attached hydrogen (secondary N) is 1. The highest BCUT2D eigenvalue weighted by Gasteiger charge is 2.35. The number of hydrogen-bond acceptors (Lipinski definition) is 3. The zero-order valence-electron chi connectivity index (χ0n) is 11.7. The summed E-state index contributed by atoms with van der Waals surface area (Å²) in [6.45, 7) is 8.86. The van der Waals surface area contributed by atoms with Gasteiger partial charge in [0, 0.05) is 36.6 Å². The maximum absolute atomic E-state index is 5.95. The second-order valence-corrected chi connectivity index (χ2v) is 6.29. The molecule has 1 aromatic heterocycles. The van der Waals surface area contributed by atoms with Crippen molar-refractivity contribution < 1.29 is 0 Å². The predicted octanol–water partition coefficient (Wildman–Crippen LogP) is 1.67. The Balaban J connectivity index is 0.000000202. The Kier molecular flexibility index (Phi) is 4.33. The number of hydrogen-bond donors (Lipinski definition) is 2. The number of piperidine rings is 1. The van der Waals surface area contributed by atoms with E-state index in [1.54, 1.807) is 12.5 Å². The molecule has 1 saturated heterocycles. The second kappa shape index (κ2) is 5.19. The third-order valence-electron chi connectivity index (χ3n) is 2.86. The highest BCUT2D eigenvalue weighted by molar-refractivity contribution is 4.98. The summed E-state index contributed by atoms with van der Waals surface area (Å²) >= 11 is 0. The topological polar surface area (TPSA) is 55.9 Å². The highest BCUT2D eigenvalue weighted by atomic mass is 15.1. The van der Waals surface area contributed by atoms with Gasteiger partial charge in [-0.15, -0.1) is 0 Å². The number of aryl methyl sites for hydroxylation is 1.